The van der Waals surface area contributed by atoms with E-state index in [1.54, 1.807) is 31.2 Å². The van der Waals surface area contributed by atoms with Crippen LogP contribution in [0.2, 0.25) is 0 Å². The van der Waals surface area contributed by atoms with Crippen LogP contribution in [-0.4, -0.2) is 21.2 Å². The van der Waals surface area contributed by atoms with Gasteiger partial charge in [0.1, 0.15) is 0 Å². The van der Waals surface area contributed by atoms with E-state index in [1.807, 2.05) is 0 Å². The molecule has 0 unspecified atom stereocenters. The number of carbonyl (C=O) groups excluding carboxylic acids is 1. The molecule has 1 aromatic heterocycles. The number of carboxylic acids is 1. The molecule has 1 atom stereocenters. The third kappa shape index (κ3) is 2.53. The minimum Gasteiger partial charge on any atom is -0.549 e. The molecular formula is C12H11N2O3S-. The summed E-state index contributed by atoms with van der Waals surface area (Å²) in [6.45, 7) is 1.74. The molecule has 0 aliphatic carbocycles. The Morgan fingerprint density at radius 2 is 2.22 bits per heavy atom. The van der Waals surface area contributed by atoms with E-state index in [9.17, 15) is 14.7 Å². The van der Waals surface area contributed by atoms with Gasteiger partial charge in [-0.3, -0.25) is 4.79 Å². The van der Waals surface area contributed by atoms with Crippen LogP contribution in [0.3, 0.4) is 0 Å². The van der Waals surface area contributed by atoms with Crippen LogP contribution in [0, 0.1) is 0 Å². The second-order valence-electron chi connectivity index (χ2n) is 3.72. The number of nitrogens with zero attached hydrogens (tertiary/aromatic N) is 1. The minimum atomic E-state index is -1.15. The molecule has 0 radical (unpaired) electrons. The summed E-state index contributed by atoms with van der Waals surface area (Å²) in [7, 11) is 0. The number of benzene rings is 1. The number of aromatic nitrogens is 2. The first kappa shape index (κ1) is 12.6. The Labute approximate surface area is 107 Å². The Kier molecular flexibility index (Phi) is 3.66. The maximum Gasteiger partial charge on any atom is 0.259 e. The van der Waals surface area contributed by atoms with Crippen LogP contribution >= 0.6 is 11.8 Å². The highest BCUT2D eigenvalue weighted by molar-refractivity contribution is 8.00. The van der Waals surface area contributed by atoms with Crippen LogP contribution in [0.15, 0.2) is 34.2 Å². The molecule has 0 saturated carbocycles. The number of para-hydroxylation sites is 1. The number of nitrogens with one attached hydrogen (secondary N) is 1. The van der Waals surface area contributed by atoms with Gasteiger partial charge in [-0.25, -0.2) is 4.98 Å². The zero-order valence-corrected chi connectivity index (χ0v) is 10.5. The third-order valence-electron chi connectivity index (χ3n) is 2.48. The Hall–Kier alpha value is -1.82. The summed E-state index contributed by atoms with van der Waals surface area (Å²) >= 11 is 0.997. The average Bonchev–Trinajstić information content (AvgIpc) is 2.35. The van der Waals surface area contributed by atoms with Crippen molar-refractivity contribution < 1.29 is 9.90 Å². The molecule has 5 nitrogen and oxygen atoms in total. The van der Waals surface area contributed by atoms with Gasteiger partial charge in [-0.15, -0.1) is 0 Å². The first-order valence-corrected chi connectivity index (χ1v) is 6.36. The summed E-state index contributed by atoms with van der Waals surface area (Å²) in [5.74, 6) is -1.15. The van der Waals surface area contributed by atoms with E-state index in [1.165, 1.54) is 0 Å². The van der Waals surface area contributed by atoms with Gasteiger partial charge in [0.25, 0.3) is 5.56 Å². The predicted octanol–water partition coefficient (Wildman–Crippen LogP) is 0.544. The Morgan fingerprint density at radius 1 is 1.50 bits per heavy atom. The lowest BCUT2D eigenvalue weighted by Crippen LogP contribution is -2.33. The second-order valence-corrected chi connectivity index (χ2v) is 4.91. The van der Waals surface area contributed by atoms with Crippen molar-refractivity contribution >= 4 is 28.6 Å². The van der Waals surface area contributed by atoms with Crippen molar-refractivity contribution in [3.05, 3.63) is 34.6 Å². The molecule has 1 N–H and O–H groups in total. The van der Waals surface area contributed by atoms with Crippen LogP contribution in [0.25, 0.3) is 10.9 Å². The minimum absolute atomic E-state index is 0.267. The number of carbonyl (C=O) groups is 1. The molecule has 1 aromatic carbocycles. The molecular weight excluding hydrogens is 252 g/mol. The van der Waals surface area contributed by atoms with Crippen LogP contribution in [0.4, 0.5) is 0 Å². The highest BCUT2D eigenvalue weighted by Crippen LogP contribution is 2.21. The van der Waals surface area contributed by atoms with Gasteiger partial charge in [0.15, 0.2) is 5.16 Å². The molecule has 0 amide bonds. The van der Waals surface area contributed by atoms with E-state index in [0.717, 1.165) is 11.8 Å². The van der Waals surface area contributed by atoms with Crippen LogP contribution in [-0.2, 0) is 4.79 Å². The summed E-state index contributed by atoms with van der Waals surface area (Å²) < 4.78 is 0. The molecule has 94 valence electrons. The topological polar surface area (TPSA) is 85.9 Å². The van der Waals surface area contributed by atoms with E-state index in [0.29, 0.717) is 22.5 Å². The number of rotatable bonds is 4. The average molecular weight is 263 g/mol. The van der Waals surface area contributed by atoms with E-state index in [4.69, 9.17) is 0 Å². The first-order valence-electron chi connectivity index (χ1n) is 5.48. The number of hydrogen-bond acceptors (Lipinski definition) is 5. The van der Waals surface area contributed by atoms with Gasteiger partial charge in [0.05, 0.1) is 22.1 Å². The molecule has 2 aromatic rings. The number of thioether (sulfide) groups is 1. The molecule has 0 aliphatic heterocycles. The normalized spacial score (nSPS) is 12.5. The number of fused-ring (bicyclic) bond motifs is 1. The fourth-order valence-corrected chi connectivity index (χ4v) is 2.39. The van der Waals surface area contributed by atoms with E-state index in [2.05, 4.69) is 9.97 Å². The van der Waals surface area contributed by atoms with Gasteiger partial charge in [-0.2, -0.15) is 0 Å². The zero-order valence-electron chi connectivity index (χ0n) is 9.67. The fraction of sp³-hybridized carbons (Fsp3) is 0.250. The fourth-order valence-electron chi connectivity index (χ4n) is 1.55. The van der Waals surface area contributed by atoms with Crippen LogP contribution in [0.5, 0.6) is 0 Å². The molecule has 0 bridgehead atoms. The molecule has 0 aliphatic rings. The maximum atomic E-state index is 11.8. The van der Waals surface area contributed by atoms with Gasteiger partial charge in [-0.1, -0.05) is 30.8 Å². The number of hydrogen-bond donors (Lipinski definition) is 1. The quantitative estimate of drug-likeness (QED) is 0.643. The Balaban J connectivity index is 2.41. The zero-order chi connectivity index (χ0) is 13.1. The lowest BCUT2D eigenvalue weighted by Gasteiger charge is -2.14. The number of H-pyrrole nitrogens is 1. The van der Waals surface area contributed by atoms with Crippen molar-refractivity contribution in [3.8, 4) is 0 Å². The van der Waals surface area contributed by atoms with Gasteiger partial charge in [-0.05, 0) is 18.6 Å². The van der Waals surface area contributed by atoms with E-state index in [-0.39, 0.29) is 5.56 Å². The molecule has 18 heavy (non-hydrogen) atoms. The molecule has 1 heterocycles. The van der Waals surface area contributed by atoms with Gasteiger partial charge >= 0.3 is 0 Å². The van der Waals surface area contributed by atoms with Gasteiger partial charge in [0.2, 0.25) is 0 Å². The van der Waals surface area contributed by atoms with Crippen molar-refractivity contribution in [2.75, 3.05) is 0 Å². The summed E-state index contributed by atoms with van der Waals surface area (Å²) in [6.07, 6.45) is 0.406. The molecule has 6 heteroatoms. The largest absolute Gasteiger partial charge is 0.549 e. The van der Waals surface area contributed by atoms with Gasteiger partial charge < -0.3 is 14.9 Å². The number of carboxylic acid groups (broad SMARTS) is 1. The van der Waals surface area contributed by atoms with Crippen molar-refractivity contribution in [1.82, 2.24) is 9.97 Å². The van der Waals surface area contributed by atoms with Crippen molar-refractivity contribution in [3.63, 3.8) is 0 Å². The summed E-state index contributed by atoms with van der Waals surface area (Å²) in [5.41, 5.74) is 0.285. The third-order valence-corrected chi connectivity index (χ3v) is 3.71. The lowest BCUT2D eigenvalue weighted by molar-refractivity contribution is -0.304. The number of aromatic amines is 1. The van der Waals surface area contributed by atoms with Crippen molar-refractivity contribution in [2.45, 2.75) is 23.8 Å². The van der Waals surface area contributed by atoms with Crippen molar-refractivity contribution in [1.29, 1.82) is 0 Å². The Bertz CT molecular complexity index is 639. The monoisotopic (exact) mass is 263 g/mol. The highest BCUT2D eigenvalue weighted by atomic mass is 32.2. The van der Waals surface area contributed by atoms with E-state index < -0.39 is 11.2 Å². The summed E-state index contributed by atoms with van der Waals surface area (Å²) in [5, 5.41) is 10.9. The predicted molar refractivity (Wildman–Crippen MR) is 67.3 cm³/mol. The summed E-state index contributed by atoms with van der Waals surface area (Å²) in [6, 6.07) is 6.92. The van der Waals surface area contributed by atoms with Crippen LogP contribution in [0.1, 0.15) is 13.3 Å². The van der Waals surface area contributed by atoms with Crippen LogP contribution < -0.4 is 10.7 Å². The molecule has 0 spiro atoms. The second kappa shape index (κ2) is 5.22. The first-order chi connectivity index (χ1) is 8.61. The smallest absolute Gasteiger partial charge is 0.259 e. The Morgan fingerprint density at radius 3 is 2.89 bits per heavy atom. The lowest BCUT2D eigenvalue weighted by atomic mass is 10.2. The standard InChI is InChI=1S/C12H12N2O3S/c1-2-9(11(16)17)18-12-13-8-6-4-3-5-7(8)10(15)14-12/h3-6,9H,2H2,1H3,(H,16,17)(H,13,14,15)/p-1/t9-/m1/s1. The molecule has 0 fully saturated rings. The molecule has 0 saturated heterocycles. The van der Waals surface area contributed by atoms with Gasteiger partial charge in [0, 0.05) is 0 Å². The SMILES string of the molecule is CC[C@@H](Sc1nc2ccccc2c(=O)[nH]1)C(=O)[O-]. The van der Waals surface area contributed by atoms with Crippen molar-refractivity contribution in [2.24, 2.45) is 0 Å². The number of aliphatic carboxylic acids is 1. The summed E-state index contributed by atoms with van der Waals surface area (Å²) in [4.78, 5) is 29.4. The van der Waals surface area contributed by atoms with E-state index >= 15 is 0 Å². The highest BCUT2D eigenvalue weighted by Gasteiger charge is 2.12. The molecule has 2 rings (SSSR count). The maximum absolute atomic E-state index is 11.8.